The summed E-state index contributed by atoms with van der Waals surface area (Å²) in [4.78, 5) is 15.2. The Morgan fingerprint density at radius 2 is 1.62 bits per heavy atom. The monoisotopic (exact) mass is 353 g/mol. The maximum atomic E-state index is 12.9. The van der Waals surface area contributed by atoms with Gasteiger partial charge in [0.15, 0.2) is 0 Å². The summed E-state index contributed by atoms with van der Waals surface area (Å²) in [5.74, 6) is 0.0379. The van der Waals surface area contributed by atoms with Gasteiger partial charge in [0.25, 0.3) is 0 Å². The quantitative estimate of drug-likeness (QED) is 0.596. The molecule has 0 bridgehead atoms. The minimum Gasteiger partial charge on any atom is -0.347 e. The summed E-state index contributed by atoms with van der Waals surface area (Å²) in [6.07, 6.45) is 0. The summed E-state index contributed by atoms with van der Waals surface area (Å²) < 4.78 is 0. The summed E-state index contributed by atoms with van der Waals surface area (Å²) in [5.41, 5.74) is 1.02. The van der Waals surface area contributed by atoms with Crippen molar-refractivity contribution in [2.45, 2.75) is 23.1 Å². The lowest BCUT2D eigenvalue weighted by Crippen LogP contribution is -2.30. The molecular weight excluding hydrogens is 334 g/mol. The van der Waals surface area contributed by atoms with E-state index in [1.807, 2.05) is 79.0 Å². The van der Waals surface area contributed by atoms with Gasteiger partial charge in [0.1, 0.15) is 5.25 Å². The van der Waals surface area contributed by atoms with Gasteiger partial charge in [-0.1, -0.05) is 54.6 Å². The summed E-state index contributed by atoms with van der Waals surface area (Å²) in [6.45, 7) is 2.03. The van der Waals surface area contributed by atoms with E-state index in [4.69, 9.17) is 0 Å². The topological polar surface area (TPSA) is 29.1 Å². The molecule has 1 heterocycles. The molecule has 0 radical (unpaired) electrons. The van der Waals surface area contributed by atoms with Crippen LogP contribution in [0.1, 0.15) is 28.7 Å². The van der Waals surface area contributed by atoms with Crippen LogP contribution in [0.4, 0.5) is 0 Å². The van der Waals surface area contributed by atoms with Crippen molar-refractivity contribution in [2.24, 2.45) is 0 Å². The minimum absolute atomic E-state index is 0.0140. The molecule has 0 saturated heterocycles. The van der Waals surface area contributed by atoms with Crippen molar-refractivity contribution >= 4 is 29.0 Å². The first-order chi connectivity index (χ1) is 11.7. The fourth-order valence-electron chi connectivity index (χ4n) is 2.43. The van der Waals surface area contributed by atoms with Crippen LogP contribution in [0.5, 0.6) is 0 Å². The van der Waals surface area contributed by atoms with E-state index in [2.05, 4.69) is 11.4 Å². The Labute approximate surface area is 150 Å². The number of carbonyl (C=O) groups is 1. The molecule has 3 rings (SSSR count). The molecule has 2 aromatic carbocycles. The molecule has 0 aliphatic rings. The van der Waals surface area contributed by atoms with Gasteiger partial charge in [-0.05, 0) is 36.1 Å². The maximum absolute atomic E-state index is 12.9. The van der Waals surface area contributed by atoms with Gasteiger partial charge < -0.3 is 5.32 Å². The van der Waals surface area contributed by atoms with Crippen molar-refractivity contribution in [1.82, 2.24) is 5.32 Å². The molecule has 2 atom stereocenters. The van der Waals surface area contributed by atoms with Crippen LogP contribution < -0.4 is 5.32 Å². The van der Waals surface area contributed by atoms with E-state index in [0.717, 1.165) is 10.5 Å². The molecule has 2 nitrogen and oxygen atoms in total. The zero-order valence-electron chi connectivity index (χ0n) is 13.4. The molecule has 1 aromatic heterocycles. The summed E-state index contributed by atoms with van der Waals surface area (Å²) >= 11 is 3.24. The second-order valence-electron chi connectivity index (χ2n) is 5.47. The van der Waals surface area contributed by atoms with Gasteiger partial charge in [-0.15, -0.1) is 23.1 Å². The highest BCUT2D eigenvalue weighted by Crippen LogP contribution is 2.36. The predicted octanol–water partition coefficient (Wildman–Crippen LogP) is 5.46. The number of benzene rings is 2. The Morgan fingerprint density at radius 1 is 0.958 bits per heavy atom. The van der Waals surface area contributed by atoms with Gasteiger partial charge in [0.05, 0.1) is 6.04 Å². The molecular formula is C20H19NOS2. The lowest BCUT2D eigenvalue weighted by molar-refractivity contribution is -0.121. The van der Waals surface area contributed by atoms with Crippen molar-refractivity contribution in [1.29, 1.82) is 0 Å². The lowest BCUT2D eigenvalue weighted by Gasteiger charge is -2.20. The van der Waals surface area contributed by atoms with E-state index in [1.165, 1.54) is 4.88 Å². The minimum atomic E-state index is -0.268. The molecule has 4 heteroatoms. The maximum Gasteiger partial charge on any atom is 0.238 e. The van der Waals surface area contributed by atoms with Gasteiger partial charge in [0, 0.05) is 9.77 Å². The Balaban J connectivity index is 1.80. The first-order valence-corrected chi connectivity index (χ1v) is 9.60. The number of carbonyl (C=O) groups excluding carboxylic acids is 1. The Kier molecular flexibility index (Phi) is 5.72. The number of hydrogen-bond acceptors (Lipinski definition) is 3. The number of hydrogen-bond donors (Lipinski definition) is 1. The van der Waals surface area contributed by atoms with Crippen LogP contribution in [-0.4, -0.2) is 5.91 Å². The van der Waals surface area contributed by atoms with Crippen LogP contribution in [0.3, 0.4) is 0 Å². The Hall–Kier alpha value is -2.04. The molecule has 0 aliphatic heterocycles. The molecule has 24 heavy (non-hydrogen) atoms. The van der Waals surface area contributed by atoms with Crippen molar-refractivity contribution < 1.29 is 4.79 Å². The highest BCUT2D eigenvalue weighted by molar-refractivity contribution is 8.00. The largest absolute Gasteiger partial charge is 0.347 e. The van der Waals surface area contributed by atoms with Crippen molar-refractivity contribution in [3.63, 3.8) is 0 Å². The van der Waals surface area contributed by atoms with Crippen molar-refractivity contribution in [3.8, 4) is 0 Å². The molecule has 0 saturated carbocycles. The van der Waals surface area contributed by atoms with Crippen LogP contribution >= 0.6 is 23.1 Å². The molecule has 1 N–H and O–H groups in total. The zero-order chi connectivity index (χ0) is 16.8. The average molecular weight is 354 g/mol. The number of amides is 1. The van der Waals surface area contributed by atoms with Gasteiger partial charge >= 0.3 is 0 Å². The highest BCUT2D eigenvalue weighted by Gasteiger charge is 2.23. The molecule has 0 spiro atoms. The van der Waals surface area contributed by atoms with Crippen molar-refractivity contribution in [2.75, 3.05) is 0 Å². The van der Waals surface area contributed by atoms with E-state index in [0.29, 0.717) is 0 Å². The van der Waals surface area contributed by atoms with Gasteiger partial charge in [-0.2, -0.15) is 0 Å². The SMILES string of the molecule is C[C@H](NC(=O)[C@@H](Sc1ccccc1)c1ccccc1)c1cccs1. The third kappa shape index (κ3) is 4.28. The first kappa shape index (κ1) is 16.8. The summed E-state index contributed by atoms with van der Waals surface area (Å²) in [6, 6.07) is 24.1. The van der Waals surface area contributed by atoms with Gasteiger partial charge in [-0.3, -0.25) is 4.79 Å². The van der Waals surface area contributed by atoms with Gasteiger partial charge in [-0.25, -0.2) is 0 Å². The third-order valence-corrected chi connectivity index (χ3v) is 5.99. The molecule has 0 aliphatic carbocycles. The number of thioether (sulfide) groups is 1. The van der Waals surface area contributed by atoms with Crippen molar-refractivity contribution in [3.05, 3.63) is 88.6 Å². The summed E-state index contributed by atoms with van der Waals surface area (Å²) in [5, 5.41) is 4.92. The second-order valence-corrected chi connectivity index (χ2v) is 7.63. The third-order valence-electron chi connectivity index (χ3n) is 3.67. The van der Waals surface area contributed by atoms with E-state index < -0.39 is 0 Å². The van der Waals surface area contributed by atoms with Gasteiger partial charge in [0.2, 0.25) is 5.91 Å². The fraction of sp³-hybridized carbons (Fsp3) is 0.150. The van der Waals surface area contributed by atoms with E-state index >= 15 is 0 Å². The fourth-order valence-corrected chi connectivity index (χ4v) is 4.22. The number of nitrogens with one attached hydrogen (secondary N) is 1. The Bertz CT molecular complexity index is 757. The molecule has 3 aromatic rings. The van der Waals surface area contributed by atoms with Crippen LogP contribution in [0.25, 0.3) is 0 Å². The number of rotatable bonds is 6. The first-order valence-electron chi connectivity index (χ1n) is 7.84. The molecule has 122 valence electrons. The average Bonchev–Trinajstić information content (AvgIpc) is 3.16. The highest BCUT2D eigenvalue weighted by atomic mass is 32.2. The second kappa shape index (κ2) is 8.18. The molecule has 0 unspecified atom stereocenters. The number of thiophene rings is 1. The standard InChI is InChI=1S/C20H19NOS2/c1-15(18-13-8-14-23-18)21-20(22)19(16-9-4-2-5-10-16)24-17-11-6-3-7-12-17/h2-15,19H,1H3,(H,21,22)/t15-,19-/m0/s1. The predicted molar refractivity (Wildman–Crippen MR) is 102 cm³/mol. The Morgan fingerprint density at radius 3 is 2.25 bits per heavy atom. The van der Waals surface area contributed by atoms with E-state index in [9.17, 15) is 4.79 Å². The molecule has 1 amide bonds. The normalized spacial score (nSPS) is 13.2. The van der Waals surface area contributed by atoms with Crippen LogP contribution in [0.2, 0.25) is 0 Å². The summed E-state index contributed by atoms with van der Waals surface area (Å²) in [7, 11) is 0. The molecule has 0 fully saturated rings. The van der Waals surface area contributed by atoms with Crippen LogP contribution in [0.15, 0.2) is 83.1 Å². The smallest absolute Gasteiger partial charge is 0.238 e. The van der Waals surface area contributed by atoms with Crippen LogP contribution in [-0.2, 0) is 4.79 Å². The zero-order valence-corrected chi connectivity index (χ0v) is 15.0. The lowest BCUT2D eigenvalue weighted by atomic mass is 10.1. The van der Waals surface area contributed by atoms with E-state index in [1.54, 1.807) is 23.1 Å². The van der Waals surface area contributed by atoms with Crippen LogP contribution in [0, 0.1) is 0 Å². The van der Waals surface area contributed by atoms with E-state index in [-0.39, 0.29) is 17.2 Å².